The van der Waals surface area contributed by atoms with Gasteiger partial charge in [0, 0.05) is 32.1 Å². The Morgan fingerprint density at radius 3 is 3.00 bits per heavy atom. The number of aryl methyl sites for hydroxylation is 1. The van der Waals surface area contributed by atoms with Gasteiger partial charge in [-0.3, -0.25) is 4.79 Å². The summed E-state index contributed by atoms with van der Waals surface area (Å²) in [6.45, 7) is 3.60. The summed E-state index contributed by atoms with van der Waals surface area (Å²) in [6, 6.07) is 1.51. The van der Waals surface area contributed by atoms with E-state index in [9.17, 15) is 4.79 Å². The minimum atomic E-state index is -0.156. The summed E-state index contributed by atoms with van der Waals surface area (Å²) in [6.07, 6.45) is 4.55. The largest absolute Gasteiger partial charge is 0.331 e. The van der Waals surface area contributed by atoms with E-state index in [1.54, 1.807) is 6.20 Å². The zero-order valence-corrected chi connectivity index (χ0v) is 10.6. The predicted molar refractivity (Wildman–Crippen MR) is 69.1 cm³/mol. The predicted octanol–water partition coefficient (Wildman–Crippen LogP) is 0.670. The summed E-state index contributed by atoms with van der Waals surface area (Å²) in [5, 5.41) is 3.22. The second-order valence-electron chi connectivity index (χ2n) is 4.12. The van der Waals surface area contributed by atoms with Gasteiger partial charge in [0.15, 0.2) is 11.6 Å². The Morgan fingerprint density at radius 1 is 1.50 bits per heavy atom. The topological polar surface area (TPSA) is 75.6 Å². The maximum absolute atomic E-state index is 11.6. The summed E-state index contributed by atoms with van der Waals surface area (Å²) in [4.78, 5) is 22.9. The van der Waals surface area contributed by atoms with Crippen LogP contribution in [-0.4, -0.2) is 26.1 Å². The van der Waals surface area contributed by atoms with Crippen molar-refractivity contribution in [2.45, 2.75) is 19.9 Å². The summed E-state index contributed by atoms with van der Waals surface area (Å²) >= 11 is 0. The second-order valence-corrected chi connectivity index (χ2v) is 4.12. The van der Waals surface area contributed by atoms with Gasteiger partial charge in [0.05, 0.1) is 5.69 Å². The zero-order valence-electron chi connectivity index (χ0n) is 10.6. The van der Waals surface area contributed by atoms with Crippen LogP contribution < -0.4 is 10.9 Å². The highest BCUT2D eigenvalue weighted by Gasteiger charge is 2.07. The highest BCUT2D eigenvalue weighted by Crippen LogP contribution is 2.09. The van der Waals surface area contributed by atoms with E-state index in [0.29, 0.717) is 18.2 Å². The third-order valence-corrected chi connectivity index (χ3v) is 2.56. The molecule has 0 atom stereocenters. The Balaban J connectivity index is 2.27. The molecule has 18 heavy (non-hydrogen) atoms. The van der Waals surface area contributed by atoms with E-state index in [4.69, 9.17) is 0 Å². The maximum atomic E-state index is 11.6. The third-order valence-electron chi connectivity index (χ3n) is 2.56. The molecule has 0 fully saturated rings. The smallest absolute Gasteiger partial charge is 0.251 e. The average Bonchev–Trinajstić information content (AvgIpc) is 2.75. The molecule has 2 rings (SSSR count). The van der Waals surface area contributed by atoms with Crippen molar-refractivity contribution in [3.8, 4) is 11.6 Å². The Labute approximate surface area is 105 Å². The van der Waals surface area contributed by atoms with E-state index in [2.05, 4.69) is 27.2 Å². The first-order valence-electron chi connectivity index (χ1n) is 5.99. The van der Waals surface area contributed by atoms with Crippen LogP contribution in [0.2, 0.25) is 0 Å². The van der Waals surface area contributed by atoms with Crippen molar-refractivity contribution in [3.05, 3.63) is 34.5 Å². The molecule has 0 aliphatic carbocycles. The van der Waals surface area contributed by atoms with Crippen LogP contribution in [0.15, 0.2) is 23.3 Å². The minimum absolute atomic E-state index is 0.156. The molecule has 6 nitrogen and oxygen atoms in total. The van der Waals surface area contributed by atoms with Crippen LogP contribution in [-0.2, 0) is 13.6 Å². The number of rotatable bonds is 5. The Kier molecular flexibility index (Phi) is 3.88. The van der Waals surface area contributed by atoms with E-state index in [1.165, 1.54) is 6.07 Å². The second kappa shape index (κ2) is 5.59. The molecular weight excluding hydrogens is 230 g/mol. The van der Waals surface area contributed by atoms with Crippen LogP contribution in [0, 0.1) is 0 Å². The van der Waals surface area contributed by atoms with Gasteiger partial charge < -0.3 is 14.9 Å². The monoisotopic (exact) mass is 247 g/mol. The molecule has 0 aliphatic rings. The Morgan fingerprint density at radius 2 is 2.33 bits per heavy atom. The van der Waals surface area contributed by atoms with Crippen molar-refractivity contribution in [2.24, 2.45) is 7.05 Å². The van der Waals surface area contributed by atoms with E-state index in [-0.39, 0.29) is 5.56 Å². The highest BCUT2D eigenvalue weighted by atomic mass is 16.1. The number of aromatic nitrogens is 4. The number of H-pyrrole nitrogens is 1. The first-order valence-corrected chi connectivity index (χ1v) is 5.99. The summed E-state index contributed by atoms with van der Waals surface area (Å²) in [5.74, 6) is 1.16. The number of nitrogens with one attached hydrogen (secondary N) is 2. The molecule has 0 unspecified atom stereocenters. The molecular formula is C12H17N5O. The molecule has 6 heteroatoms. The number of hydrogen-bond acceptors (Lipinski definition) is 4. The molecule has 2 aromatic heterocycles. The highest BCUT2D eigenvalue weighted by molar-refractivity contribution is 5.43. The van der Waals surface area contributed by atoms with Crippen LogP contribution in [0.25, 0.3) is 11.6 Å². The number of nitrogens with zero attached hydrogens (tertiary/aromatic N) is 3. The molecule has 0 bridgehead atoms. The van der Waals surface area contributed by atoms with E-state index in [0.717, 1.165) is 18.7 Å². The van der Waals surface area contributed by atoms with Gasteiger partial charge in [-0.05, 0) is 13.0 Å². The number of hydrogen-bond donors (Lipinski definition) is 2. The third kappa shape index (κ3) is 2.84. The van der Waals surface area contributed by atoms with Crippen molar-refractivity contribution in [3.63, 3.8) is 0 Å². The van der Waals surface area contributed by atoms with Crippen molar-refractivity contribution >= 4 is 0 Å². The minimum Gasteiger partial charge on any atom is -0.331 e. The van der Waals surface area contributed by atoms with E-state index >= 15 is 0 Å². The molecule has 2 aromatic rings. The molecule has 0 aliphatic heterocycles. The van der Waals surface area contributed by atoms with Crippen LogP contribution in [0.4, 0.5) is 0 Å². The fourth-order valence-electron chi connectivity index (χ4n) is 1.69. The van der Waals surface area contributed by atoms with Gasteiger partial charge in [-0.2, -0.15) is 0 Å². The standard InChI is InChI=1S/C12H17N5O/c1-3-4-13-8-9-7-10(18)16-11(15-9)12-14-5-6-17(12)2/h5-7,13H,3-4,8H2,1-2H3,(H,15,16,18). The molecule has 0 spiro atoms. The fourth-order valence-corrected chi connectivity index (χ4v) is 1.69. The fraction of sp³-hybridized carbons (Fsp3) is 0.417. The van der Waals surface area contributed by atoms with Gasteiger partial charge >= 0.3 is 0 Å². The van der Waals surface area contributed by atoms with Crippen LogP contribution >= 0.6 is 0 Å². The molecule has 96 valence electrons. The summed E-state index contributed by atoms with van der Waals surface area (Å²) in [7, 11) is 1.87. The van der Waals surface area contributed by atoms with Gasteiger partial charge in [0.25, 0.3) is 5.56 Å². The molecule has 2 N–H and O–H groups in total. The number of imidazole rings is 1. The molecule has 0 aromatic carbocycles. The Bertz CT molecular complexity index is 572. The Hall–Kier alpha value is -1.95. The van der Waals surface area contributed by atoms with Crippen molar-refractivity contribution in [2.75, 3.05) is 6.54 Å². The van der Waals surface area contributed by atoms with E-state index < -0.39 is 0 Å². The van der Waals surface area contributed by atoms with Gasteiger partial charge in [0.2, 0.25) is 0 Å². The van der Waals surface area contributed by atoms with Crippen LogP contribution in [0.5, 0.6) is 0 Å². The van der Waals surface area contributed by atoms with E-state index in [1.807, 2.05) is 17.8 Å². The van der Waals surface area contributed by atoms with Crippen LogP contribution in [0.3, 0.4) is 0 Å². The lowest BCUT2D eigenvalue weighted by Gasteiger charge is -2.05. The molecule has 0 saturated heterocycles. The summed E-state index contributed by atoms with van der Waals surface area (Å²) < 4.78 is 1.82. The normalized spacial score (nSPS) is 10.8. The van der Waals surface area contributed by atoms with Crippen LogP contribution in [0.1, 0.15) is 19.0 Å². The molecule has 0 amide bonds. The number of aromatic amines is 1. The first-order chi connectivity index (χ1) is 8.70. The average molecular weight is 247 g/mol. The lowest BCUT2D eigenvalue weighted by atomic mass is 10.3. The van der Waals surface area contributed by atoms with Crippen molar-refractivity contribution in [1.82, 2.24) is 24.8 Å². The van der Waals surface area contributed by atoms with Gasteiger partial charge in [-0.15, -0.1) is 0 Å². The van der Waals surface area contributed by atoms with Crippen molar-refractivity contribution in [1.29, 1.82) is 0 Å². The zero-order chi connectivity index (χ0) is 13.0. The van der Waals surface area contributed by atoms with Crippen molar-refractivity contribution < 1.29 is 0 Å². The maximum Gasteiger partial charge on any atom is 0.251 e. The molecule has 0 saturated carbocycles. The quantitative estimate of drug-likeness (QED) is 0.761. The molecule has 0 radical (unpaired) electrons. The lowest BCUT2D eigenvalue weighted by molar-refractivity contribution is 0.662. The first kappa shape index (κ1) is 12.5. The summed E-state index contributed by atoms with van der Waals surface area (Å²) in [5.41, 5.74) is 0.571. The van der Waals surface area contributed by atoms with Gasteiger partial charge in [-0.25, -0.2) is 9.97 Å². The lowest BCUT2D eigenvalue weighted by Crippen LogP contribution is -2.19. The van der Waals surface area contributed by atoms with Gasteiger partial charge in [-0.1, -0.05) is 6.92 Å². The SMILES string of the molecule is CCCNCc1cc(=O)[nH]c(-c2nccn2C)n1. The molecule has 2 heterocycles. The van der Waals surface area contributed by atoms with Gasteiger partial charge in [0.1, 0.15) is 0 Å².